The number of nitrogens with zero attached hydrogens (tertiary/aromatic N) is 1. The molecule has 120 valence electrons. The molecule has 0 radical (unpaired) electrons. The minimum Gasteiger partial charge on any atom is -0.368 e. The lowest BCUT2D eigenvalue weighted by molar-refractivity contribution is -0.126. The summed E-state index contributed by atoms with van der Waals surface area (Å²) in [6.07, 6.45) is 9.87. The van der Waals surface area contributed by atoms with Crippen LogP contribution in [0.15, 0.2) is 0 Å². The number of primary amides is 1. The standard InChI is InChI=1S/C17H31N3O/c1-12-3-9-15(10-4-12)20(2)11-17(16(18)21,13-5-6-13)19-14-7-8-14/h12-15,19H,3-11H2,1-2H3,(H2,18,21). The lowest BCUT2D eigenvalue weighted by atomic mass is 9.85. The Labute approximate surface area is 128 Å². The van der Waals surface area contributed by atoms with Crippen molar-refractivity contribution in [3.63, 3.8) is 0 Å². The third kappa shape index (κ3) is 3.42. The lowest BCUT2D eigenvalue weighted by Crippen LogP contribution is -2.64. The average molecular weight is 293 g/mol. The maximum Gasteiger partial charge on any atom is 0.239 e. The Bertz CT molecular complexity index is 383. The van der Waals surface area contributed by atoms with Gasteiger partial charge in [0.15, 0.2) is 0 Å². The molecule has 0 aromatic rings. The summed E-state index contributed by atoms with van der Waals surface area (Å²) in [6.45, 7) is 3.14. The minimum absolute atomic E-state index is 0.132. The van der Waals surface area contributed by atoms with Crippen LogP contribution in [0.25, 0.3) is 0 Å². The van der Waals surface area contributed by atoms with Crippen molar-refractivity contribution in [2.45, 2.75) is 75.9 Å². The lowest BCUT2D eigenvalue weighted by Gasteiger charge is -2.41. The number of nitrogens with one attached hydrogen (secondary N) is 1. The zero-order valence-corrected chi connectivity index (χ0v) is 13.6. The Morgan fingerprint density at radius 2 is 1.76 bits per heavy atom. The largest absolute Gasteiger partial charge is 0.368 e. The second kappa shape index (κ2) is 5.88. The number of carbonyl (C=O) groups excluding carboxylic acids is 1. The van der Waals surface area contributed by atoms with Crippen LogP contribution in [-0.2, 0) is 4.79 Å². The molecular formula is C17H31N3O. The average Bonchev–Trinajstić information content (AvgIpc) is 3.31. The highest BCUT2D eigenvalue weighted by atomic mass is 16.1. The Morgan fingerprint density at radius 3 is 2.24 bits per heavy atom. The van der Waals surface area contributed by atoms with Crippen LogP contribution in [0.5, 0.6) is 0 Å². The van der Waals surface area contributed by atoms with E-state index >= 15 is 0 Å². The molecule has 4 nitrogen and oxygen atoms in total. The molecule has 0 aliphatic heterocycles. The topological polar surface area (TPSA) is 58.4 Å². The van der Waals surface area contributed by atoms with Gasteiger partial charge in [-0.15, -0.1) is 0 Å². The molecule has 1 unspecified atom stereocenters. The van der Waals surface area contributed by atoms with Gasteiger partial charge in [0.1, 0.15) is 5.54 Å². The zero-order valence-electron chi connectivity index (χ0n) is 13.6. The van der Waals surface area contributed by atoms with E-state index in [1.807, 2.05) is 0 Å². The number of likely N-dealkylation sites (N-methyl/N-ethyl adjacent to an activating group) is 1. The van der Waals surface area contributed by atoms with Gasteiger partial charge >= 0.3 is 0 Å². The van der Waals surface area contributed by atoms with Crippen molar-refractivity contribution < 1.29 is 4.79 Å². The van der Waals surface area contributed by atoms with Gasteiger partial charge in [0, 0.05) is 18.6 Å². The van der Waals surface area contributed by atoms with Crippen molar-refractivity contribution in [2.75, 3.05) is 13.6 Å². The molecule has 1 amide bonds. The summed E-state index contributed by atoms with van der Waals surface area (Å²) >= 11 is 0. The van der Waals surface area contributed by atoms with E-state index in [0.717, 1.165) is 25.3 Å². The SMILES string of the molecule is CC1CCC(N(C)CC(NC2CC2)(C(N)=O)C2CC2)CC1. The molecule has 3 N–H and O–H groups in total. The summed E-state index contributed by atoms with van der Waals surface area (Å²) in [7, 11) is 2.19. The molecule has 21 heavy (non-hydrogen) atoms. The number of hydrogen-bond donors (Lipinski definition) is 2. The number of hydrogen-bond acceptors (Lipinski definition) is 3. The molecule has 3 rings (SSSR count). The van der Waals surface area contributed by atoms with Gasteiger partial charge in [-0.25, -0.2) is 0 Å². The van der Waals surface area contributed by atoms with Gasteiger partial charge in [0.25, 0.3) is 0 Å². The summed E-state index contributed by atoms with van der Waals surface area (Å²) in [5, 5.41) is 3.63. The molecule has 0 heterocycles. The molecule has 1 atom stereocenters. The molecule has 0 aromatic carbocycles. The summed E-state index contributed by atoms with van der Waals surface area (Å²) in [5.41, 5.74) is 5.39. The molecule has 0 spiro atoms. The van der Waals surface area contributed by atoms with Gasteiger partial charge in [-0.05, 0) is 70.3 Å². The van der Waals surface area contributed by atoms with Crippen LogP contribution in [0.2, 0.25) is 0 Å². The number of rotatable bonds is 7. The molecule has 3 fully saturated rings. The van der Waals surface area contributed by atoms with E-state index in [-0.39, 0.29) is 5.91 Å². The predicted molar refractivity (Wildman–Crippen MR) is 84.9 cm³/mol. The molecule has 4 heteroatoms. The third-order valence-electron chi connectivity index (χ3n) is 5.86. The highest BCUT2D eigenvalue weighted by Crippen LogP contribution is 2.42. The van der Waals surface area contributed by atoms with Crippen molar-refractivity contribution in [1.29, 1.82) is 0 Å². The third-order valence-corrected chi connectivity index (χ3v) is 5.86. The maximum atomic E-state index is 12.3. The van der Waals surface area contributed by atoms with Crippen molar-refractivity contribution in [3.05, 3.63) is 0 Å². The van der Waals surface area contributed by atoms with E-state index in [1.54, 1.807) is 0 Å². The van der Waals surface area contributed by atoms with Crippen molar-refractivity contribution in [3.8, 4) is 0 Å². The van der Waals surface area contributed by atoms with Crippen molar-refractivity contribution >= 4 is 5.91 Å². The molecule has 0 saturated heterocycles. The quantitative estimate of drug-likeness (QED) is 0.753. The Hall–Kier alpha value is -0.610. The highest BCUT2D eigenvalue weighted by Gasteiger charge is 2.52. The zero-order chi connectivity index (χ0) is 15.0. The van der Waals surface area contributed by atoms with Crippen LogP contribution >= 0.6 is 0 Å². The van der Waals surface area contributed by atoms with Gasteiger partial charge in [-0.1, -0.05) is 6.92 Å². The van der Waals surface area contributed by atoms with Gasteiger partial charge in [-0.3, -0.25) is 10.1 Å². The van der Waals surface area contributed by atoms with E-state index in [1.165, 1.54) is 38.5 Å². The van der Waals surface area contributed by atoms with Gasteiger partial charge < -0.3 is 10.6 Å². The fraction of sp³-hybridized carbons (Fsp3) is 0.941. The van der Waals surface area contributed by atoms with E-state index in [4.69, 9.17) is 5.73 Å². The summed E-state index contributed by atoms with van der Waals surface area (Å²) in [4.78, 5) is 14.7. The highest BCUT2D eigenvalue weighted by molar-refractivity contribution is 5.86. The number of carbonyl (C=O) groups is 1. The van der Waals surface area contributed by atoms with Crippen molar-refractivity contribution in [1.82, 2.24) is 10.2 Å². The minimum atomic E-state index is -0.473. The molecule has 3 aliphatic rings. The number of nitrogens with two attached hydrogens (primary N) is 1. The second-order valence-electron chi connectivity index (χ2n) is 7.86. The van der Waals surface area contributed by atoms with Crippen LogP contribution < -0.4 is 11.1 Å². The molecule has 0 aromatic heterocycles. The van der Waals surface area contributed by atoms with Crippen LogP contribution in [0.4, 0.5) is 0 Å². The first kappa shape index (κ1) is 15.3. The van der Waals surface area contributed by atoms with Crippen molar-refractivity contribution in [2.24, 2.45) is 17.6 Å². The summed E-state index contributed by atoms with van der Waals surface area (Å²) < 4.78 is 0. The van der Waals surface area contributed by atoms with Crippen LogP contribution in [-0.4, -0.2) is 42.0 Å². The fourth-order valence-electron chi connectivity index (χ4n) is 4.02. The van der Waals surface area contributed by atoms with E-state index in [2.05, 4.69) is 24.2 Å². The van der Waals surface area contributed by atoms with Crippen LogP contribution in [0.1, 0.15) is 58.3 Å². The van der Waals surface area contributed by atoms with Gasteiger partial charge in [0.05, 0.1) is 0 Å². The fourth-order valence-corrected chi connectivity index (χ4v) is 4.02. The molecule has 3 aliphatic carbocycles. The first-order valence-corrected chi connectivity index (χ1v) is 8.79. The molecular weight excluding hydrogens is 262 g/mol. The first-order chi connectivity index (χ1) is 10.0. The van der Waals surface area contributed by atoms with Crippen LogP contribution in [0, 0.1) is 11.8 Å². The normalized spacial score (nSPS) is 32.9. The maximum absolute atomic E-state index is 12.3. The molecule has 3 saturated carbocycles. The predicted octanol–water partition coefficient (Wildman–Crippen LogP) is 1.88. The van der Waals surface area contributed by atoms with E-state index in [0.29, 0.717) is 18.0 Å². The summed E-state index contributed by atoms with van der Waals surface area (Å²) in [6, 6.07) is 1.15. The van der Waals surface area contributed by atoms with E-state index in [9.17, 15) is 4.79 Å². The summed E-state index contributed by atoms with van der Waals surface area (Å²) in [5.74, 6) is 1.19. The first-order valence-electron chi connectivity index (χ1n) is 8.79. The second-order valence-corrected chi connectivity index (χ2v) is 7.86. The van der Waals surface area contributed by atoms with E-state index < -0.39 is 5.54 Å². The smallest absolute Gasteiger partial charge is 0.239 e. The van der Waals surface area contributed by atoms with Crippen LogP contribution in [0.3, 0.4) is 0 Å². The Morgan fingerprint density at radius 1 is 1.14 bits per heavy atom. The van der Waals surface area contributed by atoms with Gasteiger partial charge in [-0.2, -0.15) is 0 Å². The molecule has 0 bridgehead atoms. The monoisotopic (exact) mass is 293 g/mol. The van der Waals surface area contributed by atoms with Gasteiger partial charge in [0.2, 0.25) is 5.91 Å². The number of amides is 1. The Kier molecular flexibility index (Phi) is 4.28. The Balaban J connectivity index is 1.66.